The summed E-state index contributed by atoms with van der Waals surface area (Å²) in [5.74, 6) is 0.881. The number of benzene rings is 2. The average Bonchev–Trinajstić information content (AvgIpc) is 2.75. The lowest BCUT2D eigenvalue weighted by atomic mass is 10.1. The van der Waals surface area contributed by atoms with Crippen molar-refractivity contribution in [1.82, 2.24) is 15.1 Å². The van der Waals surface area contributed by atoms with Gasteiger partial charge in [-0.15, -0.1) is 10.2 Å². The second kappa shape index (κ2) is 7.98. The molecule has 4 rings (SSSR count). The summed E-state index contributed by atoms with van der Waals surface area (Å²) >= 11 is 5.90. The third-order valence-electron chi connectivity index (χ3n) is 4.98. The maximum absolute atomic E-state index is 12.6. The maximum Gasteiger partial charge on any atom is 0.253 e. The third-order valence-corrected chi connectivity index (χ3v) is 5.23. The summed E-state index contributed by atoms with van der Waals surface area (Å²) in [5.41, 5.74) is 3.81. The van der Waals surface area contributed by atoms with Crippen molar-refractivity contribution >= 4 is 23.3 Å². The van der Waals surface area contributed by atoms with Gasteiger partial charge in [-0.3, -0.25) is 4.79 Å². The SMILES string of the molecule is Cc1ccc(-c2ccc(N3CCN(C(=O)c4ccc(Cl)cc4)CC3)nn2)cc1. The molecule has 2 aromatic carbocycles. The minimum Gasteiger partial charge on any atom is -0.352 e. The highest BCUT2D eigenvalue weighted by Gasteiger charge is 2.23. The fraction of sp³-hybridized carbons (Fsp3) is 0.227. The zero-order chi connectivity index (χ0) is 19.5. The summed E-state index contributed by atoms with van der Waals surface area (Å²) in [6.07, 6.45) is 0. The monoisotopic (exact) mass is 392 g/mol. The van der Waals surface area contributed by atoms with Crippen LogP contribution in [0.2, 0.25) is 5.02 Å². The highest BCUT2D eigenvalue weighted by atomic mass is 35.5. The predicted molar refractivity (Wildman–Crippen MR) is 112 cm³/mol. The van der Waals surface area contributed by atoms with Gasteiger partial charge in [0.1, 0.15) is 0 Å². The van der Waals surface area contributed by atoms with Crippen LogP contribution < -0.4 is 4.90 Å². The quantitative estimate of drug-likeness (QED) is 0.674. The minimum atomic E-state index is 0.0390. The van der Waals surface area contributed by atoms with Crippen LogP contribution in [0.1, 0.15) is 15.9 Å². The summed E-state index contributed by atoms with van der Waals surface area (Å²) in [7, 11) is 0. The molecule has 1 saturated heterocycles. The van der Waals surface area contributed by atoms with Gasteiger partial charge in [0.05, 0.1) is 5.69 Å². The molecule has 1 aliphatic rings. The van der Waals surface area contributed by atoms with Crippen LogP contribution in [-0.4, -0.2) is 47.2 Å². The zero-order valence-electron chi connectivity index (χ0n) is 15.7. The van der Waals surface area contributed by atoms with Crippen LogP contribution in [0.4, 0.5) is 5.82 Å². The van der Waals surface area contributed by atoms with Crippen LogP contribution in [0.15, 0.2) is 60.7 Å². The van der Waals surface area contributed by atoms with Crippen molar-refractivity contribution in [3.63, 3.8) is 0 Å². The highest BCUT2D eigenvalue weighted by Crippen LogP contribution is 2.20. The minimum absolute atomic E-state index is 0.0390. The summed E-state index contributed by atoms with van der Waals surface area (Å²) in [5, 5.41) is 9.41. The average molecular weight is 393 g/mol. The third kappa shape index (κ3) is 3.99. The van der Waals surface area contributed by atoms with Gasteiger partial charge in [0.2, 0.25) is 0 Å². The number of aromatic nitrogens is 2. The lowest BCUT2D eigenvalue weighted by Gasteiger charge is -2.35. The zero-order valence-corrected chi connectivity index (χ0v) is 16.4. The molecular formula is C22H21ClN4O. The number of carbonyl (C=O) groups excluding carboxylic acids is 1. The Balaban J connectivity index is 1.39. The van der Waals surface area contributed by atoms with E-state index < -0.39 is 0 Å². The molecule has 28 heavy (non-hydrogen) atoms. The van der Waals surface area contributed by atoms with Crippen LogP contribution in [0, 0.1) is 6.92 Å². The molecule has 1 aliphatic heterocycles. The van der Waals surface area contributed by atoms with E-state index in [0.717, 1.165) is 30.2 Å². The molecule has 0 bridgehead atoms. The van der Waals surface area contributed by atoms with E-state index in [1.807, 2.05) is 17.0 Å². The van der Waals surface area contributed by atoms with E-state index >= 15 is 0 Å². The van der Waals surface area contributed by atoms with E-state index in [9.17, 15) is 4.79 Å². The van der Waals surface area contributed by atoms with Crippen molar-refractivity contribution in [3.8, 4) is 11.3 Å². The Hall–Kier alpha value is -2.92. The topological polar surface area (TPSA) is 49.3 Å². The molecule has 1 aromatic heterocycles. The van der Waals surface area contributed by atoms with E-state index in [0.29, 0.717) is 23.7 Å². The van der Waals surface area contributed by atoms with Gasteiger partial charge < -0.3 is 9.80 Å². The van der Waals surface area contributed by atoms with Crippen LogP contribution >= 0.6 is 11.6 Å². The number of halogens is 1. The van der Waals surface area contributed by atoms with Crippen molar-refractivity contribution in [1.29, 1.82) is 0 Å². The van der Waals surface area contributed by atoms with Crippen molar-refractivity contribution in [2.45, 2.75) is 6.92 Å². The van der Waals surface area contributed by atoms with Gasteiger partial charge >= 0.3 is 0 Å². The molecule has 0 N–H and O–H groups in total. The molecule has 0 unspecified atom stereocenters. The lowest BCUT2D eigenvalue weighted by Crippen LogP contribution is -2.49. The Labute approximate surface area is 169 Å². The first-order valence-electron chi connectivity index (χ1n) is 9.31. The first-order valence-corrected chi connectivity index (χ1v) is 9.68. The van der Waals surface area contributed by atoms with Gasteiger partial charge in [0.25, 0.3) is 5.91 Å². The molecule has 2 heterocycles. The summed E-state index contributed by atoms with van der Waals surface area (Å²) < 4.78 is 0. The summed E-state index contributed by atoms with van der Waals surface area (Å²) in [4.78, 5) is 16.6. The normalized spacial score (nSPS) is 14.2. The molecular weight excluding hydrogens is 372 g/mol. The van der Waals surface area contributed by atoms with Gasteiger partial charge in [0.15, 0.2) is 5.82 Å². The van der Waals surface area contributed by atoms with Gasteiger partial charge in [-0.1, -0.05) is 41.4 Å². The van der Waals surface area contributed by atoms with Crippen LogP contribution in [0.3, 0.4) is 0 Å². The number of rotatable bonds is 3. The maximum atomic E-state index is 12.6. The molecule has 142 valence electrons. The number of hydrogen-bond acceptors (Lipinski definition) is 4. The Morgan fingerprint density at radius 3 is 2.14 bits per heavy atom. The van der Waals surface area contributed by atoms with Crippen LogP contribution in [0.5, 0.6) is 0 Å². The molecule has 6 heteroatoms. The van der Waals surface area contributed by atoms with Crippen molar-refractivity contribution in [2.24, 2.45) is 0 Å². The number of aryl methyl sites for hydroxylation is 1. The second-order valence-electron chi connectivity index (χ2n) is 6.93. The van der Waals surface area contributed by atoms with E-state index in [1.54, 1.807) is 24.3 Å². The molecule has 0 spiro atoms. The van der Waals surface area contributed by atoms with Gasteiger partial charge in [-0.25, -0.2) is 0 Å². The number of piperazine rings is 1. The van der Waals surface area contributed by atoms with E-state index in [2.05, 4.69) is 46.3 Å². The Bertz CT molecular complexity index is 947. The molecule has 0 radical (unpaired) electrons. The number of carbonyl (C=O) groups is 1. The second-order valence-corrected chi connectivity index (χ2v) is 7.37. The van der Waals surface area contributed by atoms with E-state index in [4.69, 9.17) is 11.6 Å². The Morgan fingerprint density at radius 2 is 1.54 bits per heavy atom. The first-order chi connectivity index (χ1) is 13.6. The fourth-order valence-corrected chi connectivity index (χ4v) is 3.41. The smallest absolute Gasteiger partial charge is 0.253 e. The first kappa shape index (κ1) is 18.4. The Kier molecular flexibility index (Phi) is 5.26. The molecule has 0 saturated carbocycles. The predicted octanol–water partition coefficient (Wildman–Crippen LogP) is 4.07. The van der Waals surface area contributed by atoms with Gasteiger partial charge in [-0.2, -0.15) is 0 Å². The number of nitrogens with zero attached hydrogens (tertiary/aromatic N) is 4. The van der Waals surface area contributed by atoms with Crippen LogP contribution in [0.25, 0.3) is 11.3 Å². The van der Waals surface area contributed by atoms with E-state index in [1.165, 1.54) is 5.56 Å². The molecule has 0 atom stereocenters. The molecule has 1 fully saturated rings. The molecule has 3 aromatic rings. The van der Waals surface area contributed by atoms with Crippen molar-refractivity contribution < 1.29 is 4.79 Å². The standard InChI is InChI=1S/C22H21ClN4O/c1-16-2-4-17(5-3-16)20-10-11-21(25-24-20)26-12-14-27(15-13-26)22(28)18-6-8-19(23)9-7-18/h2-11H,12-15H2,1H3. The van der Waals surface area contributed by atoms with Gasteiger partial charge in [0, 0.05) is 42.3 Å². The molecule has 0 aliphatic carbocycles. The Morgan fingerprint density at radius 1 is 0.857 bits per heavy atom. The van der Waals surface area contributed by atoms with Gasteiger partial charge in [-0.05, 0) is 43.3 Å². The molecule has 1 amide bonds. The number of anilines is 1. The van der Waals surface area contributed by atoms with E-state index in [-0.39, 0.29) is 5.91 Å². The van der Waals surface area contributed by atoms with Crippen molar-refractivity contribution in [3.05, 3.63) is 76.8 Å². The highest BCUT2D eigenvalue weighted by molar-refractivity contribution is 6.30. The molecule has 5 nitrogen and oxygen atoms in total. The van der Waals surface area contributed by atoms with Crippen molar-refractivity contribution in [2.75, 3.05) is 31.1 Å². The number of amides is 1. The largest absolute Gasteiger partial charge is 0.352 e. The lowest BCUT2D eigenvalue weighted by molar-refractivity contribution is 0.0746. The van der Waals surface area contributed by atoms with Crippen LogP contribution in [-0.2, 0) is 0 Å². The summed E-state index contributed by atoms with van der Waals surface area (Å²) in [6, 6.07) is 19.3. The fourth-order valence-electron chi connectivity index (χ4n) is 3.29. The number of hydrogen-bond donors (Lipinski definition) is 0. The summed E-state index contributed by atoms with van der Waals surface area (Å²) in [6.45, 7) is 4.84.